The van der Waals surface area contributed by atoms with Crippen LogP contribution >= 0.6 is 22.7 Å². The molecule has 50 heavy (non-hydrogen) atoms. The molecule has 5 rings (SSSR count). The summed E-state index contributed by atoms with van der Waals surface area (Å²) in [6.07, 6.45) is 7.27. The molecule has 2 saturated heterocycles. The summed E-state index contributed by atoms with van der Waals surface area (Å²) >= 11 is 3.25. The van der Waals surface area contributed by atoms with Crippen LogP contribution < -0.4 is 16.0 Å². The minimum absolute atomic E-state index is 0.0328. The van der Waals surface area contributed by atoms with Gasteiger partial charge < -0.3 is 24.3 Å². The summed E-state index contributed by atoms with van der Waals surface area (Å²) in [6, 6.07) is 9.56. The number of morpholine rings is 1. The summed E-state index contributed by atoms with van der Waals surface area (Å²) in [5, 5.41) is 13.5. The van der Waals surface area contributed by atoms with Gasteiger partial charge in [-0.25, -0.2) is 4.98 Å². The lowest BCUT2D eigenvalue weighted by atomic mass is 10.1. The number of likely N-dealkylation sites (N-methyl/N-ethyl adjacent to an activating group) is 1. The van der Waals surface area contributed by atoms with Crippen molar-refractivity contribution in [3.63, 3.8) is 0 Å². The molecule has 0 aliphatic carbocycles. The fourth-order valence-corrected chi connectivity index (χ4v) is 7.05. The number of carbonyl (C=O) groups is 1. The maximum atomic E-state index is 14.0. The molecular weight excluding hydrogens is 675 g/mol. The number of hydrogen-bond acceptors (Lipinski definition) is 13. The van der Waals surface area contributed by atoms with E-state index in [2.05, 4.69) is 74.2 Å². The zero-order valence-electron chi connectivity index (χ0n) is 29.7. The normalized spacial score (nSPS) is 20.0. The van der Waals surface area contributed by atoms with Gasteiger partial charge in [0.15, 0.2) is 12.5 Å². The summed E-state index contributed by atoms with van der Waals surface area (Å²) in [5.74, 6) is 0.379. The molecule has 0 radical (unpaired) electrons. The van der Waals surface area contributed by atoms with E-state index < -0.39 is 12.5 Å². The number of nitrogens with zero attached hydrogens (tertiary/aromatic N) is 4. The standard InChI is InChI=1S/C36H53N7O5S2/c1-26(2)34-40-29(24-49-34)22-42(3)35-33(48-35)41-31(14-16-43-17-19-46-20-18-43)32(44)39-28(13-12-27-9-6-5-7-10-27)11-8-15-38-36(45-4)47-23-30-21-37-25-50-30/h5-7,9-10,12-13,21,24-26,28,31,33,35-36,38,41H,8,11,14-20,22-23H2,1-4H3,(H,39,44)/b13-12+/t28?,31-,33?,35?,36?/m0/s1. The molecular formula is C36H53N7O5S2. The van der Waals surface area contributed by atoms with Crippen molar-refractivity contribution < 1.29 is 23.7 Å². The molecule has 1 amide bonds. The van der Waals surface area contributed by atoms with Crippen molar-refractivity contribution in [3.8, 4) is 0 Å². The molecule has 2 aromatic heterocycles. The number of hydrogen-bond donors (Lipinski definition) is 3. The van der Waals surface area contributed by atoms with Gasteiger partial charge in [-0.15, -0.1) is 22.7 Å². The second kappa shape index (κ2) is 20.4. The molecule has 4 heterocycles. The molecule has 0 bridgehead atoms. The van der Waals surface area contributed by atoms with Crippen molar-refractivity contribution in [2.75, 3.05) is 53.6 Å². The molecule has 12 nitrogen and oxygen atoms in total. The first-order valence-electron chi connectivity index (χ1n) is 17.5. The zero-order chi connectivity index (χ0) is 35.1. The Morgan fingerprint density at radius 3 is 2.72 bits per heavy atom. The van der Waals surface area contributed by atoms with Crippen LogP contribution in [0.2, 0.25) is 0 Å². The van der Waals surface area contributed by atoms with Crippen LogP contribution in [-0.2, 0) is 36.9 Å². The van der Waals surface area contributed by atoms with Gasteiger partial charge in [-0.2, -0.15) is 0 Å². The Bertz CT molecular complexity index is 1420. The topological polar surface area (TPSA) is 126 Å². The van der Waals surface area contributed by atoms with E-state index in [1.54, 1.807) is 41.5 Å². The predicted molar refractivity (Wildman–Crippen MR) is 197 cm³/mol. The van der Waals surface area contributed by atoms with Crippen LogP contribution in [0.3, 0.4) is 0 Å². The largest absolute Gasteiger partial charge is 0.379 e. The Balaban J connectivity index is 1.18. The smallest absolute Gasteiger partial charge is 0.237 e. The fraction of sp³-hybridized carbons (Fsp3) is 0.583. The van der Waals surface area contributed by atoms with E-state index in [-0.39, 0.29) is 24.4 Å². The monoisotopic (exact) mass is 727 g/mol. The van der Waals surface area contributed by atoms with E-state index in [4.69, 9.17) is 23.9 Å². The molecule has 0 spiro atoms. The van der Waals surface area contributed by atoms with Crippen molar-refractivity contribution in [2.45, 2.75) is 83.1 Å². The quantitative estimate of drug-likeness (QED) is 0.0783. The minimum Gasteiger partial charge on any atom is -0.379 e. The third kappa shape index (κ3) is 12.9. The van der Waals surface area contributed by atoms with Gasteiger partial charge in [-0.05, 0) is 38.4 Å². The lowest BCUT2D eigenvalue weighted by Crippen LogP contribution is -2.51. The molecule has 14 heteroatoms. The molecule has 4 unspecified atom stereocenters. The summed E-state index contributed by atoms with van der Waals surface area (Å²) in [6.45, 7) is 10.1. The molecule has 0 saturated carbocycles. The van der Waals surface area contributed by atoms with Crippen LogP contribution in [0.5, 0.6) is 0 Å². The molecule has 5 atom stereocenters. The first-order chi connectivity index (χ1) is 24.4. The van der Waals surface area contributed by atoms with Crippen LogP contribution in [0.25, 0.3) is 6.08 Å². The van der Waals surface area contributed by atoms with Crippen LogP contribution in [0.4, 0.5) is 0 Å². The van der Waals surface area contributed by atoms with Gasteiger partial charge in [0, 0.05) is 56.8 Å². The molecule has 1 aromatic carbocycles. The molecule has 2 fully saturated rings. The highest BCUT2D eigenvalue weighted by atomic mass is 32.1. The first-order valence-corrected chi connectivity index (χ1v) is 19.3. The Labute approximate surface area is 304 Å². The third-order valence-electron chi connectivity index (χ3n) is 8.62. The third-order valence-corrected chi connectivity index (χ3v) is 10.6. The van der Waals surface area contributed by atoms with Gasteiger partial charge in [0.2, 0.25) is 12.3 Å². The number of benzene rings is 1. The van der Waals surface area contributed by atoms with Crippen LogP contribution in [0.15, 0.2) is 53.5 Å². The van der Waals surface area contributed by atoms with Crippen LogP contribution in [0, 0.1) is 0 Å². The number of carbonyl (C=O) groups excluding carboxylic acids is 1. The lowest BCUT2D eigenvalue weighted by molar-refractivity contribution is -0.150. The summed E-state index contributed by atoms with van der Waals surface area (Å²) < 4.78 is 22.9. The lowest BCUT2D eigenvalue weighted by Gasteiger charge is -2.29. The van der Waals surface area contributed by atoms with Gasteiger partial charge in [0.25, 0.3) is 0 Å². The number of nitrogens with one attached hydrogen (secondary N) is 3. The van der Waals surface area contributed by atoms with Crippen molar-refractivity contribution in [1.82, 2.24) is 35.7 Å². The van der Waals surface area contributed by atoms with Gasteiger partial charge in [-0.3, -0.25) is 30.2 Å². The summed E-state index contributed by atoms with van der Waals surface area (Å²) in [4.78, 5) is 28.5. The fourth-order valence-electron chi connectivity index (χ4n) is 5.71. The Morgan fingerprint density at radius 2 is 2.00 bits per heavy atom. The number of epoxide rings is 1. The van der Waals surface area contributed by atoms with Gasteiger partial charge in [-0.1, -0.05) is 56.3 Å². The highest BCUT2D eigenvalue weighted by molar-refractivity contribution is 7.09. The predicted octanol–water partition coefficient (Wildman–Crippen LogP) is 4.23. The number of ether oxygens (including phenoxy) is 4. The second-order valence-electron chi connectivity index (χ2n) is 13.0. The van der Waals surface area contributed by atoms with E-state index in [9.17, 15) is 4.79 Å². The van der Waals surface area contributed by atoms with E-state index in [1.807, 2.05) is 25.2 Å². The average Bonchev–Trinajstić information content (AvgIpc) is 3.45. The zero-order valence-corrected chi connectivity index (χ0v) is 31.3. The van der Waals surface area contributed by atoms with Crippen molar-refractivity contribution in [1.29, 1.82) is 0 Å². The highest BCUT2D eigenvalue weighted by Crippen LogP contribution is 2.27. The van der Waals surface area contributed by atoms with Gasteiger partial charge >= 0.3 is 0 Å². The average molecular weight is 728 g/mol. The Kier molecular flexibility index (Phi) is 15.8. The molecule has 274 valence electrons. The number of amides is 1. The maximum Gasteiger partial charge on any atom is 0.237 e. The van der Waals surface area contributed by atoms with E-state index in [1.165, 1.54) is 0 Å². The van der Waals surface area contributed by atoms with E-state index in [0.29, 0.717) is 32.0 Å². The highest BCUT2D eigenvalue weighted by Gasteiger charge is 2.44. The van der Waals surface area contributed by atoms with Gasteiger partial charge in [0.05, 0.1) is 47.0 Å². The number of rotatable bonds is 22. The first kappa shape index (κ1) is 38.6. The van der Waals surface area contributed by atoms with Crippen molar-refractivity contribution >= 4 is 34.7 Å². The maximum absolute atomic E-state index is 14.0. The van der Waals surface area contributed by atoms with Crippen molar-refractivity contribution in [2.24, 2.45) is 0 Å². The molecule has 2 aliphatic heterocycles. The number of aromatic nitrogens is 2. The SMILES string of the molecule is COC(NCCCC(/C=C/c1ccccc1)NC(=O)[C@H](CCN1CCOCC1)NC1OC1N(C)Cc1csc(C(C)C)n1)OCc1cncs1. The molecule has 2 aliphatic rings. The van der Waals surface area contributed by atoms with Crippen LogP contribution in [0.1, 0.15) is 60.2 Å². The number of thiazole rings is 2. The number of methoxy groups -OCH3 is 1. The second-order valence-corrected chi connectivity index (χ2v) is 14.8. The van der Waals surface area contributed by atoms with Crippen LogP contribution in [-0.4, -0.2) is 110 Å². The van der Waals surface area contributed by atoms with E-state index >= 15 is 0 Å². The van der Waals surface area contributed by atoms with Crippen molar-refractivity contribution in [3.05, 3.63) is 74.6 Å². The molecule has 3 N–H and O–H groups in total. The Hall–Kier alpha value is -2.63. The van der Waals surface area contributed by atoms with Gasteiger partial charge in [0.1, 0.15) is 0 Å². The Morgan fingerprint density at radius 1 is 1.18 bits per heavy atom. The summed E-state index contributed by atoms with van der Waals surface area (Å²) in [5.41, 5.74) is 3.91. The molecule has 3 aromatic rings. The minimum atomic E-state index is -0.531. The summed E-state index contributed by atoms with van der Waals surface area (Å²) in [7, 11) is 3.66. The van der Waals surface area contributed by atoms with E-state index in [0.717, 1.165) is 66.8 Å².